The molecule has 2 aromatic carbocycles. The highest BCUT2D eigenvalue weighted by atomic mass is 32.2. The SMILES string of the molecule is Cc1ccc(-n2c(SCC(=O)NC(=O)NC(C)(C)C)nnc2-c2ccccc2)cc1C. The molecule has 0 saturated heterocycles. The van der Waals surface area contributed by atoms with Gasteiger partial charge in [0.25, 0.3) is 0 Å². The van der Waals surface area contributed by atoms with Crippen LogP contribution in [-0.2, 0) is 4.79 Å². The highest BCUT2D eigenvalue weighted by molar-refractivity contribution is 7.99. The van der Waals surface area contributed by atoms with Gasteiger partial charge in [0.1, 0.15) is 0 Å². The van der Waals surface area contributed by atoms with Gasteiger partial charge in [0, 0.05) is 11.1 Å². The topological polar surface area (TPSA) is 88.9 Å². The number of aryl methyl sites for hydroxylation is 2. The number of hydrogen-bond acceptors (Lipinski definition) is 5. The first-order valence-corrected chi connectivity index (χ1v) is 11.0. The fourth-order valence-corrected chi connectivity index (χ4v) is 3.65. The number of nitrogens with one attached hydrogen (secondary N) is 2. The second kappa shape index (κ2) is 9.34. The third-order valence-electron chi connectivity index (χ3n) is 4.49. The van der Waals surface area contributed by atoms with E-state index in [4.69, 9.17) is 0 Å². The van der Waals surface area contributed by atoms with Gasteiger partial charge in [-0.05, 0) is 57.9 Å². The lowest BCUT2D eigenvalue weighted by molar-refractivity contribution is -0.117. The minimum Gasteiger partial charge on any atom is -0.333 e. The predicted molar refractivity (Wildman–Crippen MR) is 123 cm³/mol. The summed E-state index contributed by atoms with van der Waals surface area (Å²) in [5, 5.41) is 14.4. The van der Waals surface area contributed by atoms with Crippen molar-refractivity contribution in [3.8, 4) is 17.1 Å². The van der Waals surface area contributed by atoms with Crippen molar-refractivity contribution in [1.29, 1.82) is 0 Å². The summed E-state index contributed by atoms with van der Waals surface area (Å²) in [5.41, 5.74) is 3.76. The lowest BCUT2D eigenvalue weighted by Gasteiger charge is -2.20. The van der Waals surface area contributed by atoms with Crippen LogP contribution in [0.5, 0.6) is 0 Å². The molecule has 0 spiro atoms. The Balaban J connectivity index is 1.85. The fraction of sp³-hybridized carbons (Fsp3) is 0.304. The van der Waals surface area contributed by atoms with E-state index in [0.717, 1.165) is 16.8 Å². The maximum Gasteiger partial charge on any atom is 0.321 e. The van der Waals surface area contributed by atoms with Crippen LogP contribution in [0.15, 0.2) is 53.7 Å². The van der Waals surface area contributed by atoms with Crippen molar-refractivity contribution < 1.29 is 9.59 Å². The van der Waals surface area contributed by atoms with Crippen molar-refractivity contribution in [2.75, 3.05) is 5.75 Å². The van der Waals surface area contributed by atoms with Crippen LogP contribution >= 0.6 is 11.8 Å². The molecule has 7 nitrogen and oxygen atoms in total. The number of thioether (sulfide) groups is 1. The number of benzene rings is 2. The average molecular weight is 438 g/mol. The van der Waals surface area contributed by atoms with Crippen LogP contribution in [0.2, 0.25) is 0 Å². The number of imide groups is 1. The molecule has 31 heavy (non-hydrogen) atoms. The Morgan fingerprint density at radius 2 is 1.71 bits per heavy atom. The first-order valence-electron chi connectivity index (χ1n) is 9.97. The molecule has 0 aliphatic carbocycles. The van der Waals surface area contributed by atoms with Crippen LogP contribution < -0.4 is 10.6 Å². The minimum absolute atomic E-state index is 0.0370. The highest BCUT2D eigenvalue weighted by Crippen LogP contribution is 2.28. The lowest BCUT2D eigenvalue weighted by Crippen LogP contribution is -2.48. The number of urea groups is 1. The van der Waals surface area contributed by atoms with E-state index in [9.17, 15) is 9.59 Å². The number of hydrogen-bond donors (Lipinski definition) is 2. The standard InChI is InChI=1S/C23H27N5O2S/c1-15-11-12-18(13-16(15)2)28-20(17-9-7-6-8-10-17)26-27-22(28)31-14-19(29)24-21(30)25-23(3,4)5/h6-13H,14H2,1-5H3,(H2,24,25,29,30). The number of nitrogens with zero attached hydrogens (tertiary/aromatic N) is 3. The van der Waals surface area contributed by atoms with Crippen LogP contribution in [0.4, 0.5) is 4.79 Å². The molecule has 0 radical (unpaired) electrons. The van der Waals surface area contributed by atoms with Gasteiger partial charge < -0.3 is 5.32 Å². The van der Waals surface area contributed by atoms with Crippen molar-refractivity contribution in [3.63, 3.8) is 0 Å². The Morgan fingerprint density at radius 3 is 2.35 bits per heavy atom. The molecule has 0 aliphatic heterocycles. The predicted octanol–water partition coefficient (Wildman–Crippen LogP) is 4.27. The lowest BCUT2D eigenvalue weighted by atomic mass is 10.1. The Kier molecular flexibility index (Phi) is 6.80. The van der Waals surface area contributed by atoms with E-state index in [0.29, 0.717) is 11.0 Å². The largest absolute Gasteiger partial charge is 0.333 e. The van der Waals surface area contributed by atoms with Gasteiger partial charge in [0.05, 0.1) is 11.4 Å². The van der Waals surface area contributed by atoms with E-state index < -0.39 is 17.5 Å². The molecule has 0 atom stereocenters. The number of aromatic nitrogens is 3. The molecule has 0 aliphatic rings. The molecule has 3 amide bonds. The molecule has 3 rings (SSSR count). The summed E-state index contributed by atoms with van der Waals surface area (Å²) >= 11 is 1.23. The Hall–Kier alpha value is -3.13. The maximum atomic E-state index is 12.3. The minimum atomic E-state index is -0.515. The van der Waals surface area contributed by atoms with E-state index in [1.54, 1.807) is 0 Å². The first kappa shape index (κ1) is 22.6. The second-order valence-corrected chi connectivity index (χ2v) is 9.26. The smallest absolute Gasteiger partial charge is 0.321 e. The van der Waals surface area contributed by atoms with E-state index >= 15 is 0 Å². The molecular weight excluding hydrogens is 410 g/mol. The third-order valence-corrected chi connectivity index (χ3v) is 5.42. The Morgan fingerprint density at radius 1 is 1.00 bits per heavy atom. The highest BCUT2D eigenvalue weighted by Gasteiger charge is 2.19. The van der Waals surface area contributed by atoms with E-state index in [1.807, 2.05) is 61.7 Å². The van der Waals surface area contributed by atoms with Crippen molar-refractivity contribution in [1.82, 2.24) is 25.4 Å². The Labute approximate surface area is 186 Å². The van der Waals surface area contributed by atoms with Crippen LogP contribution in [-0.4, -0.2) is 38.0 Å². The van der Waals surface area contributed by atoms with Gasteiger partial charge in [-0.3, -0.25) is 14.7 Å². The zero-order valence-electron chi connectivity index (χ0n) is 18.4. The molecule has 8 heteroatoms. The van der Waals surface area contributed by atoms with Crippen molar-refractivity contribution >= 4 is 23.7 Å². The molecule has 0 fully saturated rings. The zero-order valence-corrected chi connectivity index (χ0v) is 19.2. The molecular formula is C23H27N5O2S. The van der Waals surface area contributed by atoms with Crippen LogP contribution in [0, 0.1) is 13.8 Å². The van der Waals surface area contributed by atoms with Crippen LogP contribution in [0.25, 0.3) is 17.1 Å². The van der Waals surface area contributed by atoms with Gasteiger partial charge in [-0.25, -0.2) is 4.79 Å². The van der Waals surface area contributed by atoms with Gasteiger partial charge >= 0.3 is 6.03 Å². The monoisotopic (exact) mass is 437 g/mol. The summed E-state index contributed by atoms with van der Waals surface area (Å²) in [5.74, 6) is 0.329. The second-order valence-electron chi connectivity index (χ2n) is 8.32. The molecule has 2 N–H and O–H groups in total. The van der Waals surface area contributed by atoms with Crippen molar-refractivity contribution in [2.45, 2.75) is 45.3 Å². The van der Waals surface area contributed by atoms with Crippen LogP contribution in [0.3, 0.4) is 0 Å². The number of amides is 3. The van der Waals surface area contributed by atoms with E-state index in [1.165, 1.54) is 17.3 Å². The average Bonchev–Trinajstić information content (AvgIpc) is 3.11. The van der Waals surface area contributed by atoms with Gasteiger partial charge in [0.2, 0.25) is 5.91 Å². The molecule has 1 heterocycles. The molecule has 0 saturated carbocycles. The van der Waals surface area contributed by atoms with Gasteiger partial charge in [-0.15, -0.1) is 10.2 Å². The van der Waals surface area contributed by atoms with Crippen molar-refractivity contribution in [2.24, 2.45) is 0 Å². The summed E-state index contributed by atoms with van der Waals surface area (Å²) in [6, 6.07) is 15.4. The van der Waals surface area contributed by atoms with E-state index in [-0.39, 0.29) is 5.75 Å². The summed E-state index contributed by atoms with van der Waals surface area (Å²) in [6.07, 6.45) is 0. The molecule has 1 aromatic heterocycles. The molecule has 0 unspecified atom stereocenters. The molecule has 3 aromatic rings. The normalized spacial score (nSPS) is 11.3. The molecule has 0 bridgehead atoms. The number of carbonyl (C=O) groups is 2. The number of carbonyl (C=O) groups excluding carboxylic acids is 2. The summed E-state index contributed by atoms with van der Waals surface area (Å²) < 4.78 is 1.94. The summed E-state index contributed by atoms with van der Waals surface area (Å²) in [7, 11) is 0. The molecule has 162 valence electrons. The van der Waals surface area contributed by atoms with Crippen molar-refractivity contribution in [3.05, 3.63) is 59.7 Å². The van der Waals surface area contributed by atoms with Crippen LogP contribution in [0.1, 0.15) is 31.9 Å². The Bertz CT molecular complexity index is 1090. The van der Waals surface area contributed by atoms with Gasteiger partial charge in [-0.1, -0.05) is 48.2 Å². The summed E-state index contributed by atoms with van der Waals surface area (Å²) in [4.78, 5) is 24.2. The number of rotatable bonds is 5. The quantitative estimate of drug-likeness (QED) is 0.582. The zero-order chi connectivity index (χ0) is 22.6. The van der Waals surface area contributed by atoms with Gasteiger partial charge in [-0.2, -0.15) is 0 Å². The summed E-state index contributed by atoms with van der Waals surface area (Å²) in [6.45, 7) is 9.67. The third kappa shape index (κ3) is 5.95. The maximum absolute atomic E-state index is 12.3. The fourth-order valence-electron chi connectivity index (χ4n) is 2.90. The van der Waals surface area contributed by atoms with Gasteiger partial charge in [0.15, 0.2) is 11.0 Å². The van der Waals surface area contributed by atoms with E-state index in [2.05, 4.69) is 46.8 Å². The first-order chi connectivity index (χ1) is 14.6.